The first-order valence-corrected chi connectivity index (χ1v) is 13.8. The number of nitrogens with zero attached hydrogens (tertiary/aromatic N) is 3. The van der Waals surface area contributed by atoms with Gasteiger partial charge in [0, 0.05) is 32.7 Å². The van der Waals surface area contributed by atoms with Crippen LogP contribution in [0.3, 0.4) is 0 Å². The van der Waals surface area contributed by atoms with E-state index in [1.165, 1.54) is 17.0 Å². The second kappa shape index (κ2) is 11.6. The zero-order valence-corrected chi connectivity index (χ0v) is 22.2. The van der Waals surface area contributed by atoms with Gasteiger partial charge in [0.2, 0.25) is 5.91 Å². The summed E-state index contributed by atoms with van der Waals surface area (Å²) in [6.45, 7) is 4.39. The third-order valence-electron chi connectivity index (χ3n) is 7.95. The monoisotopic (exact) mass is 535 g/mol. The van der Waals surface area contributed by atoms with Crippen molar-refractivity contribution in [3.05, 3.63) is 65.0 Å². The van der Waals surface area contributed by atoms with Gasteiger partial charge in [-0.3, -0.25) is 24.1 Å². The van der Waals surface area contributed by atoms with Crippen LogP contribution in [0.4, 0.5) is 10.1 Å². The Balaban J connectivity index is 1.29. The molecule has 3 amide bonds. The molecule has 2 aromatic carbocycles. The smallest absolute Gasteiger partial charge is 0.310 e. The molecular formula is C30H34FN3O5. The molecule has 8 nitrogen and oxygen atoms in total. The summed E-state index contributed by atoms with van der Waals surface area (Å²) >= 11 is 0. The van der Waals surface area contributed by atoms with Gasteiger partial charge >= 0.3 is 5.97 Å². The number of carbonyl (C=O) groups excluding carboxylic acids is 4. The van der Waals surface area contributed by atoms with Crippen molar-refractivity contribution >= 4 is 29.4 Å². The van der Waals surface area contributed by atoms with Crippen LogP contribution in [0.2, 0.25) is 0 Å². The number of carbonyl (C=O) groups is 4. The highest BCUT2D eigenvalue weighted by molar-refractivity contribution is 6.23. The number of rotatable bonds is 7. The number of ether oxygens (including phenoxy) is 1. The number of anilines is 1. The van der Waals surface area contributed by atoms with E-state index in [4.69, 9.17) is 4.74 Å². The van der Waals surface area contributed by atoms with Crippen molar-refractivity contribution in [3.63, 3.8) is 0 Å². The van der Waals surface area contributed by atoms with Crippen LogP contribution < -0.4 is 4.90 Å². The molecule has 3 aliphatic rings. The van der Waals surface area contributed by atoms with Gasteiger partial charge < -0.3 is 14.5 Å². The number of fused-ring (bicyclic) bond motifs is 1. The largest absolute Gasteiger partial charge is 0.466 e. The Morgan fingerprint density at radius 2 is 1.74 bits per heavy atom. The summed E-state index contributed by atoms with van der Waals surface area (Å²) in [6.07, 6.45) is 3.36. The molecule has 3 aliphatic heterocycles. The van der Waals surface area contributed by atoms with Crippen LogP contribution in [0, 0.1) is 17.7 Å². The fourth-order valence-electron chi connectivity index (χ4n) is 6.00. The minimum atomic E-state index is -0.358. The highest BCUT2D eigenvalue weighted by Gasteiger charge is 2.40. The maximum Gasteiger partial charge on any atom is 0.310 e. The lowest BCUT2D eigenvalue weighted by atomic mass is 9.92. The van der Waals surface area contributed by atoms with Crippen LogP contribution >= 0.6 is 0 Å². The van der Waals surface area contributed by atoms with Crippen LogP contribution in [0.5, 0.6) is 0 Å². The highest BCUT2D eigenvalue weighted by Crippen LogP contribution is 2.35. The molecule has 0 spiro atoms. The molecular weight excluding hydrogens is 501 g/mol. The molecule has 0 unspecified atom stereocenters. The molecule has 0 saturated carbocycles. The number of amides is 3. The van der Waals surface area contributed by atoms with Crippen LogP contribution in [0.25, 0.3) is 0 Å². The van der Waals surface area contributed by atoms with Crippen molar-refractivity contribution in [2.45, 2.75) is 39.0 Å². The predicted octanol–water partition coefficient (Wildman–Crippen LogP) is 3.68. The van der Waals surface area contributed by atoms with Crippen molar-refractivity contribution in [1.29, 1.82) is 0 Å². The van der Waals surface area contributed by atoms with E-state index in [0.717, 1.165) is 25.7 Å². The first kappa shape index (κ1) is 26.8. The summed E-state index contributed by atoms with van der Waals surface area (Å²) in [7, 11) is 0. The Hall–Kier alpha value is -3.75. The van der Waals surface area contributed by atoms with Gasteiger partial charge in [-0.05, 0) is 68.9 Å². The Morgan fingerprint density at radius 1 is 0.974 bits per heavy atom. The average Bonchev–Trinajstić information content (AvgIpc) is 3.20. The van der Waals surface area contributed by atoms with Gasteiger partial charge in [0.25, 0.3) is 11.8 Å². The van der Waals surface area contributed by atoms with E-state index in [0.29, 0.717) is 61.6 Å². The number of piperidine rings is 2. The minimum Gasteiger partial charge on any atom is -0.466 e. The molecule has 9 heteroatoms. The van der Waals surface area contributed by atoms with Gasteiger partial charge in [0.1, 0.15) is 5.82 Å². The third-order valence-corrected chi connectivity index (χ3v) is 7.95. The van der Waals surface area contributed by atoms with E-state index in [-0.39, 0.29) is 47.9 Å². The second-order valence-corrected chi connectivity index (χ2v) is 10.5. The molecule has 2 atom stereocenters. The summed E-state index contributed by atoms with van der Waals surface area (Å²) < 4.78 is 18.8. The van der Waals surface area contributed by atoms with Crippen LogP contribution in [0.1, 0.15) is 58.9 Å². The summed E-state index contributed by atoms with van der Waals surface area (Å²) in [5, 5.41) is 0. The van der Waals surface area contributed by atoms with Crippen LogP contribution in [0.15, 0.2) is 42.5 Å². The topological polar surface area (TPSA) is 87.2 Å². The molecule has 2 fully saturated rings. The molecule has 39 heavy (non-hydrogen) atoms. The Labute approximate surface area is 227 Å². The van der Waals surface area contributed by atoms with Crippen LogP contribution in [-0.4, -0.2) is 72.8 Å². The van der Waals surface area contributed by atoms with Crippen molar-refractivity contribution in [1.82, 2.24) is 9.80 Å². The molecule has 0 radical (unpaired) electrons. The molecule has 0 aliphatic carbocycles. The van der Waals surface area contributed by atoms with E-state index in [9.17, 15) is 23.6 Å². The van der Waals surface area contributed by atoms with Gasteiger partial charge in [0.15, 0.2) is 0 Å². The summed E-state index contributed by atoms with van der Waals surface area (Å²) in [5.41, 5.74) is 2.11. The van der Waals surface area contributed by atoms with Gasteiger partial charge in [0.05, 0.1) is 35.3 Å². The summed E-state index contributed by atoms with van der Waals surface area (Å²) in [6, 6.07) is 11.4. The number of esters is 1. The Bertz CT molecular complexity index is 1280. The van der Waals surface area contributed by atoms with Crippen molar-refractivity contribution in [2.75, 3.05) is 44.2 Å². The lowest BCUT2D eigenvalue weighted by molar-refractivity contribution is -0.152. The van der Waals surface area contributed by atoms with Crippen molar-refractivity contribution < 1.29 is 28.3 Å². The first-order valence-electron chi connectivity index (χ1n) is 13.8. The average molecular weight is 536 g/mol. The zero-order valence-electron chi connectivity index (χ0n) is 22.2. The van der Waals surface area contributed by atoms with Crippen molar-refractivity contribution in [3.8, 4) is 0 Å². The lowest BCUT2D eigenvalue weighted by Crippen LogP contribution is -2.49. The van der Waals surface area contributed by atoms with Gasteiger partial charge in [-0.25, -0.2) is 4.39 Å². The predicted molar refractivity (Wildman–Crippen MR) is 143 cm³/mol. The normalized spacial score (nSPS) is 21.2. The fraction of sp³-hybridized carbons (Fsp3) is 0.467. The number of imide groups is 1. The second-order valence-electron chi connectivity index (χ2n) is 10.5. The van der Waals surface area contributed by atoms with E-state index >= 15 is 0 Å². The lowest BCUT2D eigenvalue weighted by Gasteiger charge is -2.39. The molecule has 2 aromatic rings. The number of halogens is 1. The van der Waals surface area contributed by atoms with Gasteiger partial charge in [-0.2, -0.15) is 0 Å². The molecule has 0 bridgehead atoms. The quantitative estimate of drug-likeness (QED) is 0.397. The molecule has 0 N–H and O–H groups in total. The molecule has 2 saturated heterocycles. The van der Waals surface area contributed by atoms with E-state index < -0.39 is 0 Å². The first-order chi connectivity index (χ1) is 18.9. The van der Waals surface area contributed by atoms with E-state index in [1.54, 1.807) is 36.1 Å². The summed E-state index contributed by atoms with van der Waals surface area (Å²) in [5.74, 6) is -1.83. The highest BCUT2D eigenvalue weighted by atomic mass is 19.1. The van der Waals surface area contributed by atoms with Gasteiger partial charge in [-0.1, -0.05) is 18.2 Å². The molecule has 5 rings (SSSR count). The molecule has 0 aromatic heterocycles. The Morgan fingerprint density at radius 3 is 2.54 bits per heavy atom. The number of hydrogen-bond donors (Lipinski definition) is 0. The fourth-order valence-corrected chi connectivity index (χ4v) is 6.00. The maximum atomic E-state index is 13.6. The SMILES string of the molecule is CCOC(=O)[C@H]1CCCN(C(=O)[C@H]2CCCN(c3cccc4c3C(=O)N(CCc3cccc(F)c3)C4=O)C2)C1. The minimum absolute atomic E-state index is 0.0281. The molecule has 3 heterocycles. The third kappa shape index (κ3) is 5.53. The van der Waals surface area contributed by atoms with Gasteiger partial charge in [-0.15, -0.1) is 0 Å². The van der Waals surface area contributed by atoms with E-state index in [1.807, 2.05) is 11.0 Å². The molecule has 206 valence electrons. The maximum absolute atomic E-state index is 13.6. The Kier molecular flexibility index (Phi) is 7.95. The number of benzene rings is 2. The number of hydrogen-bond acceptors (Lipinski definition) is 6. The van der Waals surface area contributed by atoms with Crippen LogP contribution in [-0.2, 0) is 20.7 Å². The zero-order chi connectivity index (χ0) is 27.5. The van der Waals surface area contributed by atoms with Crippen molar-refractivity contribution in [2.24, 2.45) is 11.8 Å². The number of likely N-dealkylation sites (tertiary alicyclic amines) is 1. The summed E-state index contributed by atoms with van der Waals surface area (Å²) in [4.78, 5) is 57.4. The standard InChI is InChI=1S/C30H34FN3O5/c1-2-39-30(38)22-9-6-15-33(19-22)27(35)21-8-5-14-32(18-21)25-12-4-11-24-26(25)29(37)34(28(24)36)16-13-20-7-3-10-23(31)17-20/h3-4,7,10-12,17,21-22H,2,5-6,8-9,13-16,18-19H2,1H3/t21-,22-/m0/s1. The van der Waals surface area contributed by atoms with E-state index in [2.05, 4.69) is 0 Å².